The van der Waals surface area contributed by atoms with Gasteiger partial charge in [0.15, 0.2) is 0 Å². The van der Waals surface area contributed by atoms with Crippen LogP contribution < -0.4 is 14.8 Å². The number of sulfonamides is 1. The smallest absolute Gasteiger partial charge is 0.247 e. The lowest BCUT2D eigenvalue weighted by atomic mass is 10.1. The molecule has 1 atom stereocenters. The molecule has 26 heavy (non-hydrogen) atoms. The van der Waals surface area contributed by atoms with E-state index in [4.69, 9.17) is 9.47 Å². The number of benzene rings is 2. The number of rotatable bonds is 7. The van der Waals surface area contributed by atoms with E-state index in [0.717, 1.165) is 10.6 Å². The standard InChI is InChI=1S/C18H22N2O5S/c1-20(26(4,22)23)17(13-8-6-5-7-9-13)18(21)19-15-11-10-14(24-2)12-16(15)25-3/h5-12,17H,1-4H3,(H,19,21)/t17-/m0/s1. The van der Waals surface area contributed by atoms with Crippen molar-refractivity contribution >= 4 is 21.6 Å². The van der Waals surface area contributed by atoms with E-state index in [1.54, 1.807) is 48.5 Å². The lowest BCUT2D eigenvalue weighted by Crippen LogP contribution is -2.38. The summed E-state index contributed by atoms with van der Waals surface area (Å²) in [6, 6.07) is 12.6. The zero-order chi connectivity index (χ0) is 19.3. The molecule has 0 saturated carbocycles. The second-order valence-corrected chi connectivity index (χ2v) is 7.69. The number of carbonyl (C=O) groups excluding carboxylic acids is 1. The van der Waals surface area contributed by atoms with Gasteiger partial charge in [-0.05, 0) is 17.7 Å². The van der Waals surface area contributed by atoms with Crippen LogP contribution in [0.2, 0.25) is 0 Å². The number of anilines is 1. The molecular formula is C18H22N2O5S. The van der Waals surface area contributed by atoms with Crippen LogP contribution in [0.4, 0.5) is 5.69 Å². The van der Waals surface area contributed by atoms with Crippen LogP contribution in [0.25, 0.3) is 0 Å². The number of likely N-dealkylation sites (N-methyl/N-ethyl adjacent to an activating group) is 1. The van der Waals surface area contributed by atoms with Gasteiger partial charge in [-0.1, -0.05) is 30.3 Å². The molecule has 0 radical (unpaired) electrons. The van der Waals surface area contributed by atoms with E-state index in [-0.39, 0.29) is 0 Å². The Balaban J connectivity index is 2.39. The van der Waals surface area contributed by atoms with Crippen molar-refractivity contribution in [3.05, 3.63) is 54.1 Å². The van der Waals surface area contributed by atoms with E-state index in [2.05, 4.69) is 5.32 Å². The van der Waals surface area contributed by atoms with Crippen molar-refractivity contribution < 1.29 is 22.7 Å². The van der Waals surface area contributed by atoms with Gasteiger partial charge >= 0.3 is 0 Å². The minimum atomic E-state index is -3.59. The summed E-state index contributed by atoms with van der Waals surface area (Å²) in [7, 11) is 0.782. The maximum Gasteiger partial charge on any atom is 0.247 e. The number of hydrogen-bond acceptors (Lipinski definition) is 5. The van der Waals surface area contributed by atoms with Crippen molar-refractivity contribution in [1.29, 1.82) is 0 Å². The van der Waals surface area contributed by atoms with Crippen LogP contribution in [0.3, 0.4) is 0 Å². The van der Waals surface area contributed by atoms with Crippen LogP contribution in [0.5, 0.6) is 11.5 Å². The third kappa shape index (κ3) is 4.53. The number of amides is 1. The molecular weight excluding hydrogens is 356 g/mol. The Bertz CT molecular complexity index is 868. The van der Waals surface area contributed by atoms with Gasteiger partial charge in [0.05, 0.1) is 26.2 Å². The number of ether oxygens (including phenoxy) is 2. The molecule has 140 valence electrons. The van der Waals surface area contributed by atoms with Crippen LogP contribution in [0.15, 0.2) is 48.5 Å². The van der Waals surface area contributed by atoms with E-state index in [1.807, 2.05) is 0 Å². The Kier molecular flexibility index (Phi) is 6.23. The van der Waals surface area contributed by atoms with Crippen molar-refractivity contribution in [3.8, 4) is 11.5 Å². The van der Waals surface area contributed by atoms with Crippen LogP contribution in [0.1, 0.15) is 11.6 Å². The fraction of sp³-hybridized carbons (Fsp3) is 0.278. The number of carbonyl (C=O) groups is 1. The van der Waals surface area contributed by atoms with E-state index >= 15 is 0 Å². The lowest BCUT2D eigenvalue weighted by molar-refractivity contribution is -0.119. The number of nitrogens with one attached hydrogen (secondary N) is 1. The van der Waals surface area contributed by atoms with Crippen molar-refractivity contribution in [2.75, 3.05) is 32.8 Å². The summed E-state index contributed by atoms with van der Waals surface area (Å²) in [5.41, 5.74) is 0.978. The average molecular weight is 378 g/mol. The molecule has 0 aliphatic carbocycles. The average Bonchev–Trinajstić information content (AvgIpc) is 2.62. The number of nitrogens with zero attached hydrogens (tertiary/aromatic N) is 1. The molecule has 0 unspecified atom stereocenters. The van der Waals surface area contributed by atoms with E-state index in [9.17, 15) is 13.2 Å². The highest BCUT2D eigenvalue weighted by molar-refractivity contribution is 7.88. The maximum atomic E-state index is 12.9. The Morgan fingerprint density at radius 2 is 1.73 bits per heavy atom. The largest absolute Gasteiger partial charge is 0.497 e. The first-order valence-electron chi connectivity index (χ1n) is 7.78. The quantitative estimate of drug-likeness (QED) is 0.799. The summed E-state index contributed by atoms with van der Waals surface area (Å²) in [5.74, 6) is 0.492. The number of methoxy groups -OCH3 is 2. The van der Waals surface area contributed by atoms with Crippen molar-refractivity contribution in [3.63, 3.8) is 0 Å². The Morgan fingerprint density at radius 1 is 1.08 bits per heavy atom. The second-order valence-electron chi connectivity index (χ2n) is 5.65. The fourth-order valence-corrected chi connectivity index (χ4v) is 3.06. The molecule has 2 aromatic rings. The highest BCUT2D eigenvalue weighted by Gasteiger charge is 2.31. The minimum Gasteiger partial charge on any atom is -0.497 e. The monoisotopic (exact) mass is 378 g/mol. The predicted octanol–water partition coefficient (Wildman–Crippen LogP) is 2.28. The van der Waals surface area contributed by atoms with Gasteiger partial charge in [-0.25, -0.2) is 8.42 Å². The molecule has 7 nitrogen and oxygen atoms in total. The third-order valence-electron chi connectivity index (χ3n) is 3.92. The number of hydrogen-bond donors (Lipinski definition) is 1. The summed E-state index contributed by atoms with van der Waals surface area (Å²) >= 11 is 0. The zero-order valence-corrected chi connectivity index (χ0v) is 15.9. The maximum absolute atomic E-state index is 12.9. The van der Waals surface area contributed by atoms with Gasteiger partial charge in [-0.2, -0.15) is 4.31 Å². The van der Waals surface area contributed by atoms with Gasteiger partial charge in [0.25, 0.3) is 0 Å². The molecule has 0 aliphatic rings. The molecule has 0 aromatic heterocycles. The molecule has 2 aromatic carbocycles. The molecule has 2 rings (SSSR count). The molecule has 0 saturated heterocycles. The van der Waals surface area contributed by atoms with Crippen molar-refractivity contribution in [1.82, 2.24) is 4.31 Å². The van der Waals surface area contributed by atoms with Crippen molar-refractivity contribution in [2.45, 2.75) is 6.04 Å². The SMILES string of the molecule is COc1ccc(NC(=O)[C@H](c2ccccc2)N(C)S(C)(=O)=O)c(OC)c1. The normalized spacial score (nSPS) is 12.5. The molecule has 0 heterocycles. The van der Waals surface area contributed by atoms with Gasteiger partial charge in [-0.15, -0.1) is 0 Å². The lowest BCUT2D eigenvalue weighted by Gasteiger charge is -2.26. The Morgan fingerprint density at radius 3 is 2.27 bits per heavy atom. The zero-order valence-electron chi connectivity index (χ0n) is 15.1. The Labute approximate surface area is 153 Å². The summed E-state index contributed by atoms with van der Waals surface area (Å²) in [6.07, 6.45) is 1.06. The molecule has 8 heteroatoms. The predicted molar refractivity (Wildman–Crippen MR) is 100.0 cm³/mol. The molecule has 1 amide bonds. The minimum absolute atomic E-state index is 0.409. The summed E-state index contributed by atoms with van der Waals surface area (Å²) in [4.78, 5) is 12.9. The van der Waals surface area contributed by atoms with Gasteiger partial charge in [-0.3, -0.25) is 4.79 Å². The van der Waals surface area contributed by atoms with Gasteiger partial charge < -0.3 is 14.8 Å². The van der Waals surface area contributed by atoms with Crippen LogP contribution in [-0.4, -0.2) is 46.2 Å². The van der Waals surface area contributed by atoms with Gasteiger partial charge in [0.2, 0.25) is 15.9 Å². The first-order chi connectivity index (χ1) is 12.3. The van der Waals surface area contributed by atoms with Crippen LogP contribution in [0, 0.1) is 0 Å². The highest BCUT2D eigenvalue weighted by atomic mass is 32.2. The van der Waals surface area contributed by atoms with E-state index in [1.165, 1.54) is 21.3 Å². The summed E-state index contributed by atoms with van der Waals surface area (Å²) < 4.78 is 35.5. The third-order valence-corrected chi connectivity index (χ3v) is 5.17. The first-order valence-corrected chi connectivity index (χ1v) is 9.63. The summed E-state index contributed by atoms with van der Waals surface area (Å²) in [6.45, 7) is 0. The van der Waals surface area contributed by atoms with Crippen LogP contribution in [-0.2, 0) is 14.8 Å². The van der Waals surface area contributed by atoms with Gasteiger partial charge in [0.1, 0.15) is 17.5 Å². The Hall–Kier alpha value is -2.58. The highest BCUT2D eigenvalue weighted by Crippen LogP contribution is 2.31. The second kappa shape index (κ2) is 8.20. The first kappa shape index (κ1) is 19.7. The summed E-state index contributed by atoms with van der Waals surface area (Å²) in [5, 5.41) is 2.74. The fourth-order valence-electron chi connectivity index (χ4n) is 2.46. The molecule has 1 N–H and O–H groups in total. The molecule has 0 fully saturated rings. The van der Waals surface area contributed by atoms with E-state index in [0.29, 0.717) is 22.7 Å². The topological polar surface area (TPSA) is 84.9 Å². The van der Waals surface area contributed by atoms with Crippen molar-refractivity contribution in [2.24, 2.45) is 0 Å². The molecule has 0 aliphatic heterocycles. The molecule has 0 bridgehead atoms. The molecule has 0 spiro atoms. The van der Waals surface area contributed by atoms with Crippen LogP contribution >= 0.6 is 0 Å². The van der Waals surface area contributed by atoms with E-state index < -0.39 is 22.0 Å². The van der Waals surface area contributed by atoms with Gasteiger partial charge in [0, 0.05) is 13.1 Å².